The Morgan fingerprint density at radius 3 is 1.73 bits per heavy atom. The third-order valence-electron chi connectivity index (χ3n) is 8.70. The van der Waals surface area contributed by atoms with Gasteiger partial charge in [0.25, 0.3) is 0 Å². The minimum absolute atomic E-state index is 0.0507. The van der Waals surface area contributed by atoms with Crippen LogP contribution in [0, 0.1) is 5.92 Å². The fourth-order valence-electron chi connectivity index (χ4n) is 5.92. The molecule has 41 heavy (non-hydrogen) atoms. The van der Waals surface area contributed by atoms with Crippen molar-refractivity contribution < 1.29 is 14.6 Å². The van der Waals surface area contributed by atoms with Crippen LogP contribution >= 0.6 is 0 Å². The highest BCUT2D eigenvalue weighted by Crippen LogP contribution is 2.42. The van der Waals surface area contributed by atoms with E-state index in [4.69, 9.17) is 15.2 Å². The highest BCUT2D eigenvalue weighted by Gasteiger charge is 2.39. The van der Waals surface area contributed by atoms with Gasteiger partial charge in [-0.25, -0.2) is 0 Å². The molecule has 1 aliphatic heterocycles. The second-order valence-corrected chi connectivity index (χ2v) is 12.1. The van der Waals surface area contributed by atoms with E-state index in [1.165, 1.54) is 77.0 Å². The molecule has 0 aromatic heterocycles. The lowest BCUT2D eigenvalue weighted by Crippen LogP contribution is -2.45. The molecular formula is C36H58N2O3. The van der Waals surface area contributed by atoms with Crippen LogP contribution in [0.25, 0.3) is 0 Å². The molecular weight excluding hydrogens is 508 g/mol. The number of nitrogens with two attached hydrogens (primary N) is 1. The lowest BCUT2D eigenvalue weighted by Gasteiger charge is -2.43. The van der Waals surface area contributed by atoms with E-state index in [-0.39, 0.29) is 24.7 Å². The fraction of sp³-hybridized carbons (Fsp3) is 0.667. The summed E-state index contributed by atoms with van der Waals surface area (Å²) in [6, 6.07) is 16.6. The molecule has 2 aromatic carbocycles. The van der Waals surface area contributed by atoms with E-state index in [0.717, 1.165) is 41.9 Å². The van der Waals surface area contributed by atoms with E-state index in [9.17, 15) is 5.11 Å². The minimum atomic E-state index is -0.421. The van der Waals surface area contributed by atoms with Crippen molar-refractivity contribution in [3.8, 4) is 0 Å². The number of rotatable bonds is 20. The second-order valence-electron chi connectivity index (χ2n) is 12.1. The number of aliphatic hydroxyl groups excluding tert-OH is 1. The third kappa shape index (κ3) is 11.4. The van der Waals surface area contributed by atoms with Gasteiger partial charge in [0.2, 0.25) is 0 Å². The summed E-state index contributed by atoms with van der Waals surface area (Å²) < 4.78 is 13.4. The van der Waals surface area contributed by atoms with Crippen LogP contribution in [0.4, 0.5) is 0 Å². The van der Waals surface area contributed by atoms with Gasteiger partial charge in [0.15, 0.2) is 6.29 Å². The first-order valence-electron chi connectivity index (χ1n) is 16.6. The highest BCUT2D eigenvalue weighted by atomic mass is 16.7. The van der Waals surface area contributed by atoms with Gasteiger partial charge in [-0.3, -0.25) is 0 Å². The van der Waals surface area contributed by atoms with E-state index < -0.39 is 6.29 Å². The van der Waals surface area contributed by atoms with Crippen LogP contribution < -0.4 is 5.73 Å². The Balaban J connectivity index is 1.73. The van der Waals surface area contributed by atoms with Gasteiger partial charge in [-0.05, 0) is 42.6 Å². The molecule has 1 heterocycles. The van der Waals surface area contributed by atoms with Gasteiger partial charge in [0.1, 0.15) is 0 Å². The Labute approximate surface area is 250 Å². The molecule has 0 spiro atoms. The molecule has 0 radical (unpaired) electrons. The fourth-order valence-corrected chi connectivity index (χ4v) is 5.92. The number of unbranched alkanes of at least 4 members (excludes halogenated alkanes) is 10. The normalized spacial score (nSPS) is 21.0. The maximum Gasteiger partial charge on any atom is 0.184 e. The topological polar surface area (TPSA) is 68.0 Å². The molecule has 2 aromatic rings. The predicted molar refractivity (Wildman–Crippen MR) is 170 cm³/mol. The Bertz CT molecular complexity index is 917. The van der Waals surface area contributed by atoms with Crippen LogP contribution in [-0.4, -0.2) is 35.7 Å². The van der Waals surface area contributed by atoms with Gasteiger partial charge in [-0.1, -0.05) is 134 Å². The molecule has 5 heteroatoms. The lowest BCUT2D eigenvalue weighted by atomic mass is 9.90. The van der Waals surface area contributed by atoms with Gasteiger partial charge < -0.3 is 25.2 Å². The van der Waals surface area contributed by atoms with E-state index in [0.29, 0.717) is 6.54 Å². The molecule has 0 saturated carbocycles. The summed E-state index contributed by atoms with van der Waals surface area (Å²) in [6.45, 7) is 10.6. The molecule has 3 rings (SSSR count). The molecule has 0 unspecified atom stereocenters. The van der Waals surface area contributed by atoms with E-state index in [1.807, 2.05) is 12.1 Å². The van der Waals surface area contributed by atoms with Crippen LogP contribution in [0.2, 0.25) is 0 Å². The largest absolute Gasteiger partial charge is 0.392 e. The molecule has 1 fully saturated rings. The number of aliphatic hydroxyl groups is 1. The van der Waals surface area contributed by atoms with Gasteiger partial charge >= 0.3 is 0 Å². The summed E-state index contributed by atoms with van der Waals surface area (Å²) in [5.41, 5.74) is 10.1. The third-order valence-corrected chi connectivity index (χ3v) is 8.70. The zero-order valence-electron chi connectivity index (χ0n) is 26.2. The average Bonchev–Trinajstić information content (AvgIpc) is 3.01. The van der Waals surface area contributed by atoms with Crippen LogP contribution in [0.3, 0.4) is 0 Å². The van der Waals surface area contributed by atoms with Crippen molar-refractivity contribution >= 4 is 0 Å². The van der Waals surface area contributed by atoms with Gasteiger partial charge in [-0.15, -0.1) is 0 Å². The monoisotopic (exact) mass is 566 g/mol. The first-order valence-corrected chi connectivity index (χ1v) is 16.6. The number of benzene rings is 2. The molecule has 4 atom stereocenters. The highest BCUT2D eigenvalue weighted by molar-refractivity contribution is 5.27. The Kier molecular flexibility index (Phi) is 16.0. The summed E-state index contributed by atoms with van der Waals surface area (Å²) in [4.78, 5) is 2.67. The maximum atomic E-state index is 9.56. The molecule has 1 aliphatic rings. The van der Waals surface area contributed by atoms with Crippen molar-refractivity contribution in [1.29, 1.82) is 0 Å². The van der Waals surface area contributed by atoms with Crippen LogP contribution in [0.15, 0.2) is 48.5 Å². The van der Waals surface area contributed by atoms with Crippen molar-refractivity contribution in [2.24, 2.45) is 11.7 Å². The average molecular weight is 567 g/mol. The van der Waals surface area contributed by atoms with E-state index in [1.54, 1.807) is 0 Å². The second kappa shape index (κ2) is 19.4. The van der Waals surface area contributed by atoms with Crippen molar-refractivity contribution in [1.82, 2.24) is 4.90 Å². The molecule has 0 bridgehead atoms. The number of hydrogen-bond acceptors (Lipinski definition) is 5. The standard InChI is InChI=1S/C36H58N2O3/c1-4-6-8-10-12-14-24-38(25-15-13-11-9-7-5-2)27-34-29(3)35(32-20-18-31(28-39)19-21-32)41-36(40-34)33-22-16-30(26-37)17-23-33/h16-23,29,34-36,39H,4-15,24-28,37H2,1-3H3/t29-,34+,35+,36+/m0/s1. The number of hydrogen-bond donors (Lipinski definition) is 2. The summed E-state index contributed by atoms with van der Waals surface area (Å²) in [6.07, 6.45) is 15.4. The number of nitrogens with zero attached hydrogens (tertiary/aromatic N) is 1. The molecule has 230 valence electrons. The van der Waals surface area contributed by atoms with Crippen LogP contribution in [0.1, 0.15) is 132 Å². The predicted octanol–water partition coefficient (Wildman–Crippen LogP) is 8.45. The quantitative estimate of drug-likeness (QED) is 0.157. The Morgan fingerprint density at radius 2 is 1.20 bits per heavy atom. The Hall–Kier alpha value is -1.76. The van der Waals surface area contributed by atoms with E-state index >= 15 is 0 Å². The van der Waals surface area contributed by atoms with Crippen LogP contribution in [0.5, 0.6) is 0 Å². The first-order chi connectivity index (χ1) is 20.1. The zero-order chi connectivity index (χ0) is 29.3. The summed E-state index contributed by atoms with van der Waals surface area (Å²) >= 11 is 0. The van der Waals surface area contributed by atoms with Crippen molar-refractivity contribution in [2.45, 2.75) is 129 Å². The molecule has 5 nitrogen and oxygen atoms in total. The molecule has 1 saturated heterocycles. The summed E-state index contributed by atoms with van der Waals surface area (Å²) in [5.74, 6) is 0.200. The SMILES string of the molecule is CCCCCCCCN(CCCCCCCC)C[C@H]1O[C@@H](c2ccc(CN)cc2)O[C@@H](c2ccc(CO)cc2)[C@H]1C. The van der Waals surface area contributed by atoms with Crippen molar-refractivity contribution in [3.05, 3.63) is 70.8 Å². The first kappa shape index (κ1) is 33.7. The van der Waals surface area contributed by atoms with Gasteiger partial charge in [-0.2, -0.15) is 0 Å². The number of ether oxygens (including phenoxy) is 2. The van der Waals surface area contributed by atoms with Gasteiger partial charge in [0, 0.05) is 24.6 Å². The van der Waals surface area contributed by atoms with E-state index in [2.05, 4.69) is 62.1 Å². The molecule has 0 amide bonds. The molecule has 3 N–H and O–H groups in total. The minimum Gasteiger partial charge on any atom is -0.392 e. The Morgan fingerprint density at radius 1 is 0.683 bits per heavy atom. The maximum absolute atomic E-state index is 9.56. The lowest BCUT2D eigenvalue weighted by molar-refractivity contribution is -0.276. The van der Waals surface area contributed by atoms with Crippen molar-refractivity contribution in [3.63, 3.8) is 0 Å². The zero-order valence-corrected chi connectivity index (χ0v) is 26.2. The summed E-state index contributed by atoms with van der Waals surface area (Å²) in [7, 11) is 0. The van der Waals surface area contributed by atoms with Gasteiger partial charge in [0.05, 0.1) is 18.8 Å². The van der Waals surface area contributed by atoms with Crippen molar-refractivity contribution in [2.75, 3.05) is 19.6 Å². The molecule has 0 aliphatic carbocycles. The van der Waals surface area contributed by atoms with Crippen LogP contribution in [-0.2, 0) is 22.6 Å². The smallest absolute Gasteiger partial charge is 0.184 e. The summed E-state index contributed by atoms with van der Waals surface area (Å²) in [5, 5.41) is 9.56.